The number of hydrogen-bond donors (Lipinski definition) is 0. The van der Waals surface area contributed by atoms with E-state index in [0.717, 1.165) is 0 Å². The average Bonchev–Trinajstić information content (AvgIpc) is 3.74. The highest BCUT2D eigenvalue weighted by Gasteiger charge is 2.55. The van der Waals surface area contributed by atoms with Crippen LogP contribution in [0.15, 0.2) is 188 Å². The fraction of sp³-hybridized carbons (Fsp3) is 0.0189. The Morgan fingerprint density at radius 3 is 1.86 bits per heavy atom. The summed E-state index contributed by atoms with van der Waals surface area (Å²) >= 11 is 0. The normalized spacial score (nSPS) is 14.5. The summed E-state index contributed by atoms with van der Waals surface area (Å²) in [7, 11) is 0. The Bertz CT molecular complexity index is 3350. The Balaban J connectivity index is 1.19. The van der Waals surface area contributed by atoms with E-state index < -0.39 is 5.41 Å². The van der Waals surface area contributed by atoms with Crippen molar-refractivity contribution in [3.05, 3.63) is 210 Å². The molecule has 3 heteroatoms. The first-order valence-corrected chi connectivity index (χ1v) is 19.7. The molecule has 1 spiro atoms. The van der Waals surface area contributed by atoms with Crippen molar-refractivity contribution >= 4 is 67.4 Å². The SMILES string of the molecule is c1ccc(-c2cc3c4c(c2)N2c5ccccc5C5(c6ccccc6-c6ccccc65)c5cccc(c52)B4n2c4cc5ccccc5cc4c4cccc-3c42)cc1. The third-order valence-corrected chi connectivity index (χ3v) is 13.5. The number of nitrogens with zero attached hydrogens (tertiary/aromatic N) is 2. The Morgan fingerprint density at radius 2 is 1.05 bits per heavy atom. The van der Waals surface area contributed by atoms with Crippen LogP contribution >= 0.6 is 0 Å². The predicted octanol–water partition coefficient (Wildman–Crippen LogP) is 11.7. The molecule has 9 aromatic carbocycles. The summed E-state index contributed by atoms with van der Waals surface area (Å²) in [5.74, 6) is 0. The lowest BCUT2D eigenvalue weighted by atomic mass is 9.44. The highest BCUT2D eigenvalue weighted by molar-refractivity contribution is 6.90. The van der Waals surface area contributed by atoms with E-state index in [1.807, 2.05) is 0 Å². The third-order valence-electron chi connectivity index (χ3n) is 13.5. The summed E-state index contributed by atoms with van der Waals surface area (Å²) < 4.78 is 2.71. The molecule has 0 atom stereocenters. The number of fused-ring (bicyclic) bond motifs is 17. The lowest BCUT2D eigenvalue weighted by Gasteiger charge is -2.49. The van der Waals surface area contributed by atoms with E-state index in [4.69, 9.17) is 0 Å². The molecule has 0 unspecified atom stereocenters. The molecule has 0 saturated heterocycles. The molecular formula is C53H31BN2. The summed E-state index contributed by atoms with van der Waals surface area (Å²) in [6.45, 7) is -0.0266. The molecule has 4 aliphatic rings. The van der Waals surface area contributed by atoms with Gasteiger partial charge in [0.1, 0.15) is 0 Å². The van der Waals surface area contributed by atoms with Crippen LogP contribution in [0.4, 0.5) is 17.1 Å². The molecule has 4 heterocycles. The Kier molecular flexibility index (Phi) is 5.31. The van der Waals surface area contributed by atoms with Crippen molar-refractivity contribution in [2.75, 3.05) is 4.90 Å². The van der Waals surface area contributed by atoms with Crippen LogP contribution < -0.4 is 15.8 Å². The number of anilines is 3. The van der Waals surface area contributed by atoms with Crippen LogP contribution in [0, 0.1) is 0 Å². The Morgan fingerprint density at radius 1 is 0.411 bits per heavy atom. The van der Waals surface area contributed by atoms with Crippen LogP contribution in [-0.4, -0.2) is 11.3 Å². The highest BCUT2D eigenvalue weighted by atomic mass is 15.2. The minimum absolute atomic E-state index is 0.0266. The van der Waals surface area contributed by atoms with Gasteiger partial charge in [-0.1, -0.05) is 158 Å². The Hall–Kier alpha value is -7.10. The van der Waals surface area contributed by atoms with Gasteiger partial charge in [-0.05, 0) is 102 Å². The molecule has 2 nitrogen and oxygen atoms in total. The molecule has 1 aromatic heterocycles. The number of rotatable bonds is 1. The van der Waals surface area contributed by atoms with E-state index in [-0.39, 0.29) is 6.85 Å². The second kappa shape index (κ2) is 10.1. The molecular weight excluding hydrogens is 675 g/mol. The van der Waals surface area contributed by atoms with Crippen molar-refractivity contribution in [1.29, 1.82) is 0 Å². The summed E-state index contributed by atoms with van der Waals surface area (Å²) in [4.78, 5) is 2.64. The van der Waals surface area contributed by atoms with E-state index in [9.17, 15) is 0 Å². The molecule has 256 valence electrons. The number of para-hydroxylation sites is 3. The minimum atomic E-state index is -0.472. The van der Waals surface area contributed by atoms with E-state index in [1.165, 1.54) is 116 Å². The van der Waals surface area contributed by atoms with Crippen molar-refractivity contribution in [2.24, 2.45) is 0 Å². The van der Waals surface area contributed by atoms with E-state index in [0.29, 0.717) is 0 Å². The van der Waals surface area contributed by atoms with Gasteiger partial charge in [0.25, 0.3) is 0 Å². The molecule has 0 bridgehead atoms. The largest absolute Gasteiger partial charge is 0.375 e. The lowest BCUT2D eigenvalue weighted by Crippen LogP contribution is -2.58. The maximum atomic E-state index is 2.71. The topological polar surface area (TPSA) is 8.17 Å². The average molecular weight is 707 g/mol. The molecule has 3 aliphatic heterocycles. The van der Waals surface area contributed by atoms with Crippen molar-refractivity contribution in [1.82, 2.24) is 4.48 Å². The fourth-order valence-corrected chi connectivity index (χ4v) is 11.5. The number of benzene rings is 9. The van der Waals surface area contributed by atoms with Gasteiger partial charge in [0.05, 0.1) is 11.1 Å². The zero-order chi connectivity index (χ0) is 36.3. The van der Waals surface area contributed by atoms with Gasteiger partial charge in [-0.3, -0.25) is 0 Å². The molecule has 14 rings (SSSR count). The second-order valence-electron chi connectivity index (χ2n) is 16.0. The maximum Gasteiger partial charge on any atom is 0.333 e. The summed E-state index contributed by atoms with van der Waals surface area (Å²) in [6, 6.07) is 71.3. The number of hydrogen-bond acceptors (Lipinski definition) is 1. The molecule has 56 heavy (non-hydrogen) atoms. The van der Waals surface area contributed by atoms with Gasteiger partial charge in [-0.25, -0.2) is 0 Å². The van der Waals surface area contributed by atoms with Crippen LogP contribution in [0.3, 0.4) is 0 Å². The van der Waals surface area contributed by atoms with Crippen LogP contribution in [0.5, 0.6) is 0 Å². The van der Waals surface area contributed by atoms with Gasteiger partial charge < -0.3 is 9.38 Å². The van der Waals surface area contributed by atoms with Crippen LogP contribution in [0.2, 0.25) is 0 Å². The summed E-state index contributed by atoms with van der Waals surface area (Å²) in [6.07, 6.45) is 0. The predicted molar refractivity (Wildman–Crippen MR) is 234 cm³/mol. The molecule has 0 N–H and O–H groups in total. The fourth-order valence-electron chi connectivity index (χ4n) is 11.5. The molecule has 0 amide bonds. The first kappa shape index (κ1) is 29.3. The second-order valence-corrected chi connectivity index (χ2v) is 16.0. The van der Waals surface area contributed by atoms with Crippen molar-refractivity contribution in [3.8, 4) is 33.4 Å². The molecule has 10 aromatic rings. The van der Waals surface area contributed by atoms with E-state index >= 15 is 0 Å². The first-order chi connectivity index (χ1) is 27.8. The first-order valence-electron chi connectivity index (χ1n) is 19.7. The zero-order valence-corrected chi connectivity index (χ0v) is 30.4. The minimum Gasteiger partial charge on any atom is -0.375 e. The molecule has 0 radical (unpaired) electrons. The standard InChI is InChI=1S/C53H31BN2/c1-2-14-32(15-3-1)35-29-41-39-21-12-20-38-40-28-33-16-4-5-17-34(33)30-48(40)56(51(38)39)54-46-26-13-25-45-52(46)55(49(31-35)50(41)54)47-27-11-10-24-44(47)53(45)42-22-8-6-18-36(42)37-19-7-9-23-43(37)53/h1-31H. The van der Waals surface area contributed by atoms with Gasteiger partial charge in [0.2, 0.25) is 0 Å². The highest BCUT2D eigenvalue weighted by Crippen LogP contribution is 2.64. The summed E-state index contributed by atoms with van der Waals surface area (Å²) in [5, 5.41) is 5.17. The van der Waals surface area contributed by atoms with Gasteiger partial charge in [-0.15, -0.1) is 0 Å². The van der Waals surface area contributed by atoms with Crippen LogP contribution in [0.1, 0.15) is 22.3 Å². The van der Waals surface area contributed by atoms with Gasteiger partial charge in [-0.2, -0.15) is 0 Å². The van der Waals surface area contributed by atoms with Crippen LogP contribution in [0.25, 0.3) is 66.0 Å². The van der Waals surface area contributed by atoms with Crippen molar-refractivity contribution in [3.63, 3.8) is 0 Å². The smallest absolute Gasteiger partial charge is 0.333 e. The zero-order valence-electron chi connectivity index (χ0n) is 30.4. The lowest BCUT2D eigenvalue weighted by molar-refractivity contribution is 0.753. The quantitative estimate of drug-likeness (QED) is 0.154. The van der Waals surface area contributed by atoms with Gasteiger partial charge in [0.15, 0.2) is 0 Å². The van der Waals surface area contributed by atoms with Gasteiger partial charge in [0, 0.05) is 38.7 Å². The Labute approximate surface area is 324 Å². The summed E-state index contributed by atoms with van der Waals surface area (Å²) in [5.41, 5.74) is 21.8. The molecule has 0 saturated carbocycles. The maximum absolute atomic E-state index is 2.71. The van der Waals surface area contributed by atoms with Crippen molar-refractivity contribution < 1.29 is 0 Å². The van der Waals surface area contributed by atoms with E-state index in [1.54, 1.807) is 0 Å². The number of aromatic nitrogens is 1. The third kappa shape index (κ3) is 3.31. The molecule has 1 aliphatic carbocycles. The van der Waals surface area contributed by atoms with E-state index in [2.05, 4.69) is 197 Å². The monoisotopic (exact) mass is 706 g/mol. The van der Waals surface area contributed by atoms with Gasteiger partial charge >= 0.3 is 6.85 Å². The van der Waals surface area contributed by atoms with Crippen molar-refractivity contribution in [2.45, 2.75) is 5.41 Å². The van der Waals surface area contributed by atoms with Crippen LogP contribution in [-0.2, 0) is 5.41 Å². The molecule has 0 fully saturated rings.